The Morgan fingerprint density at radius 1 is 1.50 bits per heavy atom. The van der Waals surface area contributed by atoms with E-state index in [9.17, 15) is 0 Å². The van der Waals surface area contributed by atoms with Crippen LogP contribution >= 0.6 is 11.6 Å². The number of pyridine rings is 1. The third-order valence-electron chi connectivity index (χ3n) is 2.05. The van der Waals surface area contributed by atoms with Crippen LogP contribution in [0.4, 0.5) is 0 Å². The van der Waals surface area contributed by atoms with Gasteiger partial charge in [0.15, 0.2) is 0 Å². The maximum Gasteiger partial charge on any atom is 0.225 e. The first-order chi connectivity index (χ1) is 6.77. The molecule has 2 heterocycles. The van der Waals surface area contributed by atoms with E-state index in [2.05, 4.69) is 15.2 Å². The number of hydrogen-bond donors (Lipinski definition) is 0. The molecule has 0 spiro atoms. The van der Waals surface area contributed by atoms with Crippen LogP contribution in [0, 0.1) is 6.92 Å². The van der Waals surface area contributed by atoms with Gasteiger partial charge in [-0.25, -0.2) is 0 Å². The van der Waals surface area contributed by atoms with Gasteiger partial charge in [-0.05, 0) is 35.7 Å². The molecule has 2 aromatic heterocycles. The summed E-state index contributed by atoms with van der Waals surface area (Å²) in [7, 11) is 0. The lowest BCUT2D eigenvalue weighted by Crippen LogP contribution is -2.00. The van der Waals surface area contributed by atoms with Gasteiger partial charge >= 0.3 is 0 Å². The molecule has 4 nitrogen and oxygen atoms in total. The summed E-state index contributed by atoms with van der Waals surface area (Å²) in [6, 6.07) is 1.96. The van der Waals surface area contributed by atoms with Crippen LogP contribution in [-0.2, 0) is 6.54 Å². The Morgan fingerprint density at radius 2 is 2.36 bits per heavy atom. The van der Waals surface area contributed by atoms with E-state index >= 15 is 0 Å². The summed E-state index contributed by atoms with van der Waals surface area (Å²) in [5.41, 5.74) is 2.30. The third kappa shape index (κ3) is 1.75. The molecule has 0 aromatic carbocycles. The first-order valence-electron chi connectivity index (χ1n) is 4.20. The molecule has 14 heavy (non-hydrogen) atoms. The second kappa shape index (κ2) is 3.75. The summed E-state index contributed by atoms with van der Waals surface area (Å²) in [6.45, 7) is 2.70. The second-order valence-corrected chi connectivity index (χ2v) is 3.37. The fraction of sp³-hybridized carbons (Fsp3) is 0.222. The molecule has 0 radical (unpaired) electrons. The smallest absolute Gasteiger partial charge is 0.225 e. The summed E-state index contributed by atoms with van der Waals surface area (Å²) in [5.74, 6) is 0. The van der Waals surface area contributed by atoms with Gasteiger partial charge in [-0.1, -0.05) is 0 Å². The predicted molar refractivity (Wildman–Crippen MR) is 53.1 cm³/mol. The SMILES string of the molecule is Cc1cnccc1Cn1cnnc1Cl. The third-order valence-corrected chi connectivity index (χ3v) is 2.34. The molecule has 0 aliphatic heterocycles. The molecule has 2 aromatic rings. The summed E-state index contributed by atoms with van der Waals surface area (Å²) < 4.78 is 1.78. The van der Waals surface area contributed by atoms with Gasteiger partial charge in [0, 0.05) is 12.4 Å². The van der Waals surface area contributed by atoms with Crippen molar-refractivity contribution >= 4 is 11.6 Å². The van der Waals surface area contributed by atoms with Gasteiger partial charge in [-0.2, -0.15) is 0 Å². The average Bonchev–Trinajstić information content (AvgIpc) is 2.56. The highest BCUT2D eigenvalue weighted by Gasteiger charge is 2.03. The number of halogens is 1. The Kier molecular flexibility index (Phi) is 2.45. The molecule has 0 unspecified atom stereocenters. The molecular formula is C9H9ClN4. The molecule has 72 valence electrons. The van der Waals surface area contributed by atoms with Gasteiger partial charge in [0.25, 0.3) is 0 Å². The van der Waals surface area contributed by atoms with Gasteiger partial charge in [-0.15, -0.1) is 10.2 Å². The van der Waals surface area contributed by atoms with Crippen LogP contribution in [0.1, 0.15) is 11.1 Å². The summed E-state index contributed by atoms with van der Waals surface area (Å²) >= 11 is 5.82. The number of aromatic nitrogens is 4. The van der Waals surface area contributed by atoms with Gasteiger partial charge in [-0.3, -0.25) is 9.55 Å². The van der Waals surface area contributed by atoms with Crippen LogP contribution in [0.5, 0.6) is 0 Å². The van der Waals surface area contributed by atoms with Crippen molar-refractivity contribution in [1.82, 2.24) is 19.7 Å². The van der Waals surface area contributed by atoms with Gasteiger partial charge in [0.05, 0.1) is 6.54 Å². The van der Waals surface area contributed by atoms with E-state index in [1.165, 1.54) is 5.56 Å². The molecule has 5 heteroatoms. The molecule has 0 aliphatic carbocycles. The van der Waals surface area contributed by atoms with E-state index in [0.717, 1.165) is 5.56 Å². The van der Waals surface area contributed by atoms with Crippen molar-refractivity contribution in [2.24, 2.45) is 0 Å². The highest BCUT2D eigenvalue weighted by molar-refractivity contribution is 6.28. The van der Waals surface area contributed by atoms with Crippen LogP contribution in [-0.4, -0.2) is 19.7 Å². The van der Waals surface area contributed by atoms with Crippen LogP contribution in [0.15, 0.2) is 24.8 Å². The molecule has 0 N–H and O–H groups in total. The fourth-order valence-corrected chi connectivity index (χ4v) is 1.36. The standard InChI is InChI=1S/C9H9ClN4/c1-7-4-11-3-2-8(7)5-14-6-12-13-9(14)10/h2-4,6H,5H2,1H3. The quantitative estimate of drug-likeness (QED) is 0.754. The largest absolute Gasteiger partial charge is 0.300 e. The molecule has 2 rings (SSSR count). The normalized spacial score (nSPS) is 10.4. The molecule has 0 bridgehead atoms. The number of nitrogens with zero attached hydrogens (tertiary/aromatic N) is 4. The Bertz CT molecular complexity index is 438. The minimum atomic E-state index is 0.404. The molecule has 0 saturated carbocycles. The lowest BCUT2D eigenvalue weighted by molar-refractivity contribution is 0.788. The van der Waals surface area contributed by atoms with E-state index < -0.39 is 0 Å². The lowest BCUT2D eigenvalue weighted by Gasteiger charge is -2.05. The average molecular weight is 209 g/mol. The monoisotopic (exact) mass is 208 g/mol. The second-order valence-electron chi connectivity index (χ2n) is 3.03. The van der Waals surface area contributed by atoms with Crippen LogP contribution < -0.4 is 0 Å². The summed E-state index contributed by atoms with van der Waals surface area (Å²) in [6.07, 6.45) is 5.20. The predicted octanol–water partition coefficient (Wildman–Crippen LogP) is 1.68. The zero-order chi connectivity index (χ0) is 9.97. The van der Waals surface area contributed by atoms with Crippen molar-refractivity contribution in [2.75, 3.05) is 0 Å². The molecule has 0 atom stereocenters. The van der Waals surface area contributed by atoms with Gasteiger partial charge in [0.2, 0.25) is 5.28 Å². The van der Waals surface area contributed by atoms with Crippen LogP contribution in [0.25, 0.3) is 0 Å². The van der Waals surface area contributed by atoms with Crippen molar-refractivity contribution < 1.29 is 0 Å². The molecular weight excluding hydrogens is 200 g/mol. The Labute approximate surface area is 86.6 Å². The Morgan fingerprint density at radius 3 is 3.00 bits per heavy atom. The van der Waals surface area contributed by atoms with E-state index in [1.54, 1.807) is 17.1 Å². The number of aryl methyl sites for hydroxylation is 1. The van der Waals surface area contributed by atoms with Crippen molar-refractivity contribution in [2.45, 2.75) is 13.5 Å². The van der Waals surface area contributed by atoms with E-state index in [0.29, 0.717) is 11.8 Å². The lowest BCUT2D eigenvalue weighted by atomic mass is 10.1. The summed E-state index contributed by atoms with van der Waals surface area (Å²) in [4.78, 5) is 4.02. The zero-order valence-electron chi connectivity index (χ0n) is 7.68. The maximum absolute atomic E-state index is 5.82. The van der Waals surface area contributed by atoms with Crippen LogP contribution in [0.3, 0.4) is 0 Å². The van der Waals surface area contributed by atoms with Crippen molar-refractivity contribution in [3.8, 4) is 0 Å². The highest BCUT2D eigenvalue weighted by atomic mass is 35.5. The van der Waals surface area contributed by atoms with Crippen LogP contribution in [0.2, 0.25) is 5.28 Å². The molecule has 0 aliphatic rings. The minimum Gasteiger partial charge on any atom is -0.300 e. The molecule has 0 fully saturated rings. The van der Waals surface area contributed by atoms with E-state index in [1.807, 2.05) is 19.2 Å². The van der Waals surface area contributed by atoms with Gasteiger partial charge < -0.3 is 0 Å². The fourth-order valence-electron chi connectivity index (χ4n) is 1.21. The van der Waals surface area contributed by atoms with Crippen molar-refractivity contribution in [3.63, 3.8) is 0 Å². The molecule has 0 saturated heterocycles. The van der Waals surface area contributed by atoms with E-state index in [-0.39, 0.29) is 0 Å². The maximum atomic E-state index is 5.82. The molecule has 0 amide bonds. The topological polar surface area (TPSA) is 43.6 Å². The first-order valence-corrected chi connectivity index (χ1v) is 4.58. The van der Waals surface area contributed by atoms with Gasteiger partial charge in [0.1, 0.15) is 6.33 Å². The Hall–Kier alpha value is -1.42. The minimum absolute atomic E-state index is 0.404. The zero-order valence-corrected chi connectivity index (χ0v) is 8.44. The summed E-state index contributed by atoms with van der Waals surface area (Å²) in [5, 5.41) is 7.82. The van der Waals surface area contributed by atoms with E-state index in [4.69, 9.17) is 11.6 Å². The first kappa shape index (κ1) is 9.15. The number of hydrogen-bond acceptors (Lipinski definition) is 3. The number of rotatable bonds is 2. The van der Waals surface area contributed by atoms with Crippen molar-refractivity contribution in [1.29, 1.82) is 0 Å². The highest BCUT2D eigenvalue weighted by Crippen LogP contribution is 2.10. The van der Waals surface area contributed by atoms with Crippen molar-refractivity contribution in [3.05, 3.63) is 41.2 Å². The Balaban J connectivity index is 2.28.